The monoisotopic (exact) mass is 496 g/mol. The van der Waals surface area contributed by atoms with E-state index in [4.69, 9.17) is 0 Å². The van der Waals surface area contributed by atoms with Crippen molar-refractivity contribution in [1.29, 1.82) is 0 Å². The van der Waals surface area contributed by atoms with Gasteiger partial charge in [-0.1, -0.05) is 24.3 Å². The number of nitrogens with one attached hydrogen (secondary N) is 1. The number of non-ortho nitro benzene ring substituents is 1. The second-order valence-corrected chi connectivity index (χ2v) is 8.87. The van der Waals surface area contributed by atoms with Gasteiger partial charge in [0.15, 0.2) is 5.78 Å². The number of carbonyl (C=O) groups excluding carboxylic acids is 2. The van der Waals surface area contributed by atoms with Crippen LogP contribution in [0.3, 0.4) is 0 Å². The van der Waals surface area contributed by atoms with E-state index >= 15 is 0 Å². The van der Waals surface area contributed by atoms with Gasteiger partial charge in [-0.15, -0.1) is 0 Å². The first kappa shape index (κ1) is 23.6. The first-order valence-corrected chi connectivity index (χ1v) is 11.0. The predicted octanol–water partition coefficient (Wildman–Crippen LogP) is 4.38. The topological polar surface area (TPSA) is 105 Å². The van der Waals surface area contributed by atoms with Gasteiger partial charge in [0.2, 0.25) is 5.91 Å². The van der Waals surface area contributed by atoms with Crippen molar-refractivity contribution in [1.82, 2.24) is 9.88 Å². The highest BCUT2D eigenvalue weighted by atomic mass is 19.4. The van der Waals surface area contributed by atoms with Crippen LogP contribution in [0.1, 0.15) is 33.0 Å². The number of likely N-dealkylation sites (N-methyl/N-ethyl adjacent to an activating group) is 1. The second-order valence-electron chi connectivity index (χ2n) is 8.87. The molecule has 5 rings (SSSR count). The fourth-order valence-electron chi connectivity index (χ4n) is 5.56. The molecule has 3 heterocycles. The molecule has 3 atom stereocenters. The number of anilines is 1. The molecule has 1 aromatic heterocycles. The number of para-hydroxylation sites is 1. The number of aromatic nitrogens is 1. The first-order valence-electron chi connectivity index (χ1n) is 11.0. The van der Waals surface area contributed by atoms with Crippen LogP contribution in [-0.4, -0.2) is 40.1 Å². The molecule has 8 nitrogen and oxygen atoms in total. The summed E-state index contributed by atoms with van der Waals surface area (Å²) in [6, 6.07) is 12.3. The summed E-state index contributed by atoms with van der Waals surface area (Å²) in [7, 11) is 1.57. The van der Waals surface area contributed by atoms with Gasteiger partial charge < -0.3 is 5.32 Å². The van der Waals surface area contributed by atoms with Gasteiger partial charge in [-0.3, -0.25) is 29.6 Å². The van der Waals surface area contributed by atoms with Gasteiger partial charge in [-0.2, -0.15) is 13.2 Å². The normalized spacial score (nSPS) is 23.5. The van der Waals surface area contributed by atoms with E-state index in [1.165, 1.54) is 48.8 Å². The maximum atomic E-state index is 14.0. The summed E-state index contributed by atoms with van der Waals surface area (Å²) in [6.07, 6.45) is -1.93. The van der Waals surface area contributed by atoms with E-state index in [9.17, 15) is 32.9 Å². The van der Waals surface area contributed by atoms with Crippen LogP contribution in [0.25, 0.3) is 0 Å². The van der Waals surface area contributed by atoms with Gasteiger partial charge in [0.05, 0.1) is 22.1 Å². The summed E-state index contributed by atoms with van der Waals surface area (Å²) in [6.45, 7) is 0.0982. The molecular weight excluding hydrogens is 477 g/mol. The molecule has 0 saturated carbocycles. The average Bonchev–Trinajstić information content (AvgIpc) is 3.33. The van der Waals surface area contributed by atoms with Crippen LogP contribution in [0.2, 0.25) is 0 Å². The summed E-state index contributed by atoms with van der Waals surface area (Å²) in [5.41, 5.74) is -2.70. The summed E-state index contributed by atoms with van der Waals surface area (Å²) < 4.78 is 41.5. The SMILES string of the molecule is CN1C[C@H](c2cccc([N+](=O)[O-])c2)[C@H](C(=O)c2cccnc2)[C@]12C(=O)Nc1c(C(F)(F)F)cccc12. The number of rotatable bonds is 4. The Morgan fingerprint density at radius 2 is 1.94 bits per heavy atom. The van der Waals surface area contributed by atoms with Gasteiger partial charge in [0, 0.05) is 48.1 Å². The number of hydrogen-bond acceptors (Lipinski definition) is 6. The van der Waals surface area contributed by atoms with E-state index in [1.54, 1.807) is 24.1 Å². The molecule has 0 bridgehead atoms. The molecule has 0 unspecified atom stereocenters. The molecule has 0 radical (unpaired) electrons. The zero-order chi connectivity index (χ0) is 25.8. The van der Waals surface area contributed by atoms with E-state index in [-0.39, 0.29) is 29.0 Å². The quantitative estimate of drug-likeness (QED) is 0.327. The number of nitrogens with zero attached hydrogens (tertiary/aromatic N) is 3. The number of pyridine rings is 1. The molecule has 36 heavy (non-hydrogen) atoms. The van der Waals surface area contributed by atoms with E-state index in [1.807, 2.05) is 0 Å². The van der Waals surface area contributed by atoms with Crippen molar-refractivity contribution < 1.29 is 27.7 Å². The fraction of sp³-hybridized carbons (Fsp3) is 0.240. The molecular formula is C25H19F3N4O4. The first-order chi connectivity index (χ1) is 17.1. The lowest BCUT2D eigenvalue weighted by molar-refractivity contribution is -0.384. The number of Topliss-reactive ketones (excluding diaryl/α,β-unsaturated/α-hetero) is 1. The molecule has 1 saturated heterocycles. The average molecular weight is 496 g/mol. The summed E-state index contributed by atoms with van der Waals surface area (Å²) in [4.78, 5) is 44.0. The Morgan fingerprint density at radius 1 is 1.19 bits per heavy atom. The van der Waals surface area contributed by atoms with Crippen LogP contribution in [-0.2, 0) is 16.5 Å². The van der Waals surface area contributed by atoms with Crippen molar-refractivity contribution in [3.8, 4) is 0 Å². The Kier molecular flexibility index (Phi) is 5.40. The molecule has 0 aliphatic carbocycles. The van der Waals surface area contributed by atoms with Crippen molar-refractivity contribution in [2.24, 2.45) is 5.92 Å². The number of fused-ring (bicyclic) bond motifs is 2. The zero-order valence-corrected chi connectivity index (χ0v) is 18.8. The molecule has 1 amide bonds. The van der Waals surface area contributed by atoms with Crippen molar-refractivity contribution in [3.63, 3.8) is 0 Å². The number of nitro benzene ring substituents is 1. The van der Waals surface area contributed by atoms with Gasteiger partial charge in [-0.25, -0.2) is 0 Å². The minimum atomic E-state index is -4.73. The van der Waals surface area contributed by atoms with Gasteiger partial charge in [0.25, 0.3) is 5.69 Å². The van der Waals surface area contributed by atoms with Crippen molar-refractivity contribution in [3.05, 3.63) is 99.4 Å². The Labute approximate surface area is 202 Å². The van der Waals surface area contributed by atoms with Gasteiger partial charge in [-0.05, 0) is 30.8 Å². The highest BCUT2D eigenvalue weighted by Gasteiger charge is 2.65. The molecule has 2 aliphatic rings. The van der Waals surface area contributed by atoms with E-state index in [2.05, 4.69) is 10.3 Å². The number of benzene rings is 2. The smallest absolute Gasteiger partial charge is 0.323 e. The molecule has 11 heteroatoms. The van der Waals surface area contributed by atoms with E-state index in [0.29, 0.717) is 5.56 Å². The van der Waals surface area contributed by atoms with Crippen LogP contribution < -0.4 is 5.32 Å². The van der Waals surface area contributed by atoms with E-state index < -0.39 is 45.7 Å². The lowest BCUT2D eigenvalue weighted by Crippen LogP contribution is -2.51. The van der Waals surface area contributed by atoms with Crippen LogP contribution in [0.4, 0.5) is 24.5 Å². The molecule has 1 N–H and O–H groups in total. The standard InChI is InChI=1S/C25H19F3N4O4/c1-31-13-17(14-5-2-7-16(11-14)32(35)36)20(22(33)15-6-4-10-29-12-15)24(31)18-8-3-9-19(25(26,27)28)21(18)30-23(24)34/h2-12,17,20H,13H2,1H3,(H,30,34)/t17-,20-,24-/m1/s1. The van der Waals surface area contributed by atoms with E-state index in [0.717, 1.165) is 6.07 Å². The highest BCUT2D eigenvalue weighted by Crippen LogP contribution is 2.57. The largest absolute Gasteiger partial charge is 0.418 e. The number of alkyl halides is 3. The maximum absolute atomic E-state index is 14.0. The molecule has 2 aromatic carbocycles. The summed E-state index contributed by atoms with van der Waals surface area (Å²) in [5, 5.41) is 13.8. The Bertz CT molecular complexity index is 1400. The van der Waals surface area contributed by atoms with Gasteiger partial charge >= 0.3 is 6.18 Å². The van der Waals surface area contributed by atoms with Crippen LogP contribution in [0, 0.1) is 16.0 Å². The minimum absolute atomic E-state index is 0.0417. The Morgan fingerprint density at radius 3 is 2.61 bits per heavy atom. The minimum Gasteiger partial charge on any atom is -0.323 e. The molecule has 3 aromatic rings. The van der Waals surface area contributed by atoms with Crippen molar-refractivity contribution >= 4 is 23.1 Å². The third kappa shape index (κ3) is 3.38. The summed E-state index contributed by atoms with van der Waals surface area (Å²) in [5.74, 6) is -3.16. The Balaban J connectivity index is 1.76. The molecule has 184 valence electrons. The lowest BCUT2D eigenvalue weighted by Gasteiger charge is -2.35. The zero-order valence-electron chi connectivity index (χ0n) is 18.8. The fourth-order valence-corrected chi connectivity index (χ4v) is 5.56. The van der Waals surface area contributed by atoms with Crippen LogP contribution >= 0.6 is 0 Å². The number of ketones is 1. The maximum Gasteiger partial charge on any atom is 0.418 e. The lowest BCUT2D eigenvalue weighted by atomic mass is 9.70. The summed E-state index contributed by atoms with van der Waals surface area (Å²) >= 11 is 0. The van der Waals surface area contributed by atoms with Crippen LogP contribution in [0.15, 0.2) is 67.0 Å². The number of nitro groups is 1. The highest BCUT2D eigenvalue weighted by molar-refractivity contribution is 6.12. The number of amides is 1. The molecule has 1 spiro atoms. The second kappa shape index (κ2) is 8.23. The molecule has 1 fully saturated rings. The third-order valence-corrected chi connectivity index (χ3v) is 7.03. The number of likely N-dealkylation sites (tertiary alicyclic amines) is 1. The predicted molar refractivity (Wildman–Crippen MR) is 122 cm³/mol. The number of carbonyl (C=O) groups is 2. The Hall–Kier alpha value is -4.12. The third-order valence-electron chi connectivity index (χ3n) is 7.03. The van der Waals surface area contributed by atoms with Crippen molar-refractivity contribution in [2.45, 2.75) is 17.6 Å². The number of hydrogen-bond donors (Lipinski definition) is 1. The number of halogens is 3. The van der Waals surface area contributed by atoms with Crippen molar-refractivity contribution in [2.75, 3.05) is 18.9 Å². The van der Waals surface area contributed by atoms with Crippen LogP contribution in [0.5, 0.6) is 0 Å². The van der Waals surface area contributed by atoms with Gasteiger partial charge in [0.1, 0.15) is 5.54 Å². The molecule has 2 aliphatic heterocycles.